The molecule has 1 aromatic carbocycles. The van der Waals surface area contributed by atoms with Gasteiger partial charge in [0.2, 0.25) is 0 Å². The van der Waals surface area contributed by atoms with E-state index in [4.69, 9.17) is 4.74 Å². The molecule has 1 aliphatic carbocycles. The van der Waals surface area contributed by atoms with Crippen molar-refractivity contribution >= 4 is 5.91 Å². The van der Waals surface area contributed by atoms with Crippen molar-refractivity contribution in [3.63, 3.8) is 0 Å². The predicted molar refractivity (Wildman–Crippen MR) is 72.9 cm³/mol. The molecule has 1 atom stereocenters. The summed E-state index contributed by atoms with van der Waals surface area (Å²) in [6, 6.07) is 4.14. The minimum atomic E-state index is -0.849. The summed E-state index contributed by atoms with van der Waals surface area (Å²) >= 11 is 0. The molecular weight excluding hydrogens is 261 g/mol. The minimum absolute atomic E-state index is 0.123. The molecule has 1 saturated carbocycles. The molecule has 0 spiro atoms. The van der Waals surface area contributed by atoms with Crippen LogP contribution in [0.3, 0.4) is 0 Å². The summed E-state index contributed by atoms with van der Waals surface area (Å²) in [5, 5.41) is 12.5. The molecule has 0 unspecified atom stereocenters. The van der Waals surface area contributed by atoms with Gasteiger partial charge in [0.25, 0.3) is 5.91 Å². The number of ether oxygens (including phenoxy) is 1. The Bertz CT molecular complexity index is 470. The fourth-order valence-electron chi connectivity index (χ4n) is 2.46. The van der Waals surface area contributed by atoms with Crippen LogP contribution in [0.4, 0.5) is 4.39 Å². The Hall–Kier alpha value is -1.62. The second-order valence-electron chi connectivity index (χ2n) is 5.20. The molecule has 0 bridgehead atoms. The number of nitrogens with one attached hydrogen (secondary N) is 1. The van der Waals surface area contributed by atoms with Crippen molar-refractivity contribution in [2.45, 2.75) is 44.8 Å². The van der Waals surface area contributed by atoms with Crippen molar-refractivity contribution in [3.8, 4) is 5.75 Å². The summed E-state index contributed by atoms with van der Waals surface area (Å²) in [7, 11) is 0. The van der Waals surface area contributed by atoms with Crippen LogP contribution in [0, 0.1) is 5.82 Å². The number of benzene rings is 1. The van der Waals surface area contributed by atoms with E-state index >= 15 is 0 Å². The van der Waals surface area contributed by atoms with Crippen molar-refractivity contribution in [2.75, 3.05) is 6.61 Å². The van der Waals surface area contributed by atoms with Crippen LogP contribution in [0.25, 0.3) is 0 Å². The number of carbonyl (C=O) groups is 1. The summed E-state index contributed by atoms with van der Waals surface area (Å²) < 4.78 is 18.5. The lowest BCUT2D eigenvalue weighted by Gasteiger charge is -2.15. The third kappa shape index (κ3) is 3.93. The Balaban J connectivity index is 1.91. The summed E-state index contributed by atoms with van der Waals surface area (Å²) in [4.78, 5) is 11.7. The molecule has 4 nitrogen and oxygen atoms in total. The highest BCUT2D eigenvalue weighted by atomic mass is 19.1. The molecule has 0 heterocycles. The molecule has 1 aromatic rings. The van der Waals surface area contributed by atoms with Gasteiger partial charge in [-0.3, -0.25) is 4.79 Å². The van der Waals surface area contributed by atoms with Gasteiger partial charge in [-0.15, -0.1) is 0 Å². The average molecular weight is 281 g/mol. The van der Waals surface area contributed by atoms with E-state index in [0.29, 0.717) is 11.3 Å². The molecule has 2 rings (SSSR count). The molecule has 110 valence electrons. The third-order valence-corrected chi connectivity index (χ3v) is 3.50. The van der Waals surface area contributed by atoms with Crippen LogP contribution in [0.15, 0.2) is 18.2 Å². The summed E-state index contributed by atoms with van der Waals surface area (Å²) in [5.41, 5.74) is 0.346. The standard InChI is InChI=1S/C15H20FNO3/c1-10(18)13-8-11(16)6-7-14(13)20-9-15(19)17-12-4-2-3-5-12/h6-8,10,12,18H,2-5,9H2,1H3,(H,17,19)/t10-/m0/s1. The Morgan fingerprint density at radius 3 is 2.85 bits per heavy atom. The number of amides is 1. The monoisotopic (exact) mass is 281 g/mol. The molecule has 1 fully saturated rings. The average Bonchev–Trinajstić information content (AvgIpc) is 2.90. The fraction of sp³-hybridized carbons (Fsp3) is 0.533. The van der Waals surface area contributed by atoms with E-state index in [-0.39, 0.29) is 18.6 Å². The van der Waals surface area contributed by atoms with Gasteiger partial charge in [0, 0.05) is 11.6 Å². The molecule has 0 aliphatic heterocycles. The number of halogens is 1. The maximum Gasteiger partial charge on any atom is 0.258 e. The smallest absolute Gasteiger partial charge is 0.258 e. The highest BCUT2D eigenvalue weighted by Crippen LogP contribution is 2.26. The van der Waals surface area contributed by atoms with E-state index in [9.17, 15) is 14.3 Å². The van der Waals surface area contributed by atoms with Crippen molar-refractivity contribution < 1.29 is 19.0 Å². The van der Waals surface area contributed by atoms with Gasteiger partial charge in [0.05, 0.1) is 6.10 Å². The first-order chi connectivity index (χ1) is 9.56. The SMILES string of the molecule is C[C@H](O)c1cc(F)ccc1OCC(=O)NC1CCCC1. The van der Waals surface area contributed by atoms with Gasteiger partial charge in [0.15, 0.2) is 6.61 Å². The third-order valence-electron chi connectivity index (χ3n) is 3.50. The van der Waals surface area contributed by atoms with Crippen LogP contribution in [0.5, 0.6) is 5.75 Å². The zero-order valence-electron chi connectivity index (χ0n) is 11.6. The van der Waals surface area contributed by atoms with Crippen LogP contribution >= 0.6 is 0 Å². The van der Waals surface area contributed by atoms with Crippen molar-refractivity contribution in [3.05, 3.63) is 29.6 Å². The lowest BCUT2D eigenvalue weighted by Crippen LogP contribution is -2.36. The van der Waals surface area contributed by atoms with E-state index < -0.39 is 11.9 Å². The summed E-state index contributed by atoms with van der Waals surface area (Å²) in [5.74, 6) is -0.288. The van der Waals surface area contributed by atoms with E-state index in [2.05, 4.69) is 5.32 Å². The number of hydrogen-bond acceptors (Lipinski definition) is 3. The van der Waals surface area contributed by atoms with Crippen LogP contribution in [0.1, 0.15) is 44.3 Å². The topological polar surface area (TPSA) is 58.6 Å². The maximum atomic E-state index is 13.1. The first kappa shape index (κ1) is 14.8. The Labute approximate surface area is 117 Å². The second kappa shape index (κ2) is 6.70. The molecule has 0 radical (unpaired) electrons. The molecule has 0 saturated heterocycles. The molecule has 1 aliphatic rings. The number of hydrogen-bond donors (Lipinski definition) is 2. The second-order valence-corrected chi connectivity index (χ2v) is 5.20. The number of aliphatic hydroxyl groups excluding tert-OH is 1. The number of aliphatic hydroxyl groups is 1. The molecule has 20 heavy (non-hydrogen) atoms. The normalized spacial score (nSPS) is 16.9. The Morgan fingerprint density at radius 1 is 1.50 bits per heavy atom. The van der Waals surface area contributed by atoms with Gasteiger partial charge in [-0.05, 0) is 38.0 Å². The van der Waals surface area contributed by atoms with E-state index in [0.717, 1.165) is 25.7 Å². The highest BCUT2D eigenvalue weighted by Gasteiger charge is 2.18. The number of rotatable bonds is 5. The molecule has 2 N–H and O–H groups in total. The lowest BCUT2D eigenvalue weighted by molar-refractivity contribution is -0.123. The van der Waals surface area contributed by atoms with Gasteiger partial charge in [-0.1, -0.05) is 12.8 Å². The molecular formula is C15H20FNO3. The maximum absolute atomic E-state index is 13.1. The van der Waals surface area contributed by atoms with Crippen LogP contribution in [0.2, 0.25) is 0 Å². The van der Waals surface area contributed by atoms with Crippen LogP contribution in [-0.2, 0) is 4.79 Å². The van der Waals surface area contributed by atoms with Crippen molar-refractivity contribution in [2.24, 2.45) is 0 Å². The zero-order valence-corrected chi connectivity index (χ0v) is 11.6. The minimum Gasteiger partial charge on any atom is -0.483 e. The quantitative estimate of drug-likeness (QED) is 0.870. The van der Waals surface area contributed by atoms with Gasteiger partial charge < -0.3 is 15.2 Å². The first-order valence-corrected chi connectivity index (χ1v) is 6.96. The summed E-state index contributed by atoms with van der Waals surface area (Å²) in [6.07, 6.45) is 3.48. The van der Waals surface area contributed by atoms with Crippen molar-refractivity contribution in [1.82, 2.24) is 5.32 Å². The van der Waals surface area contributed by atoms with Gasteiger partial charge >= 0.3 is 0 Å². The Morgan fingerprint density at radius 2 is 2.20 bits per heavy atom. The lowest BCUT2D eigenvalue weighted by atomic mass is 10.1. The van der Waals surface area contributed by atoms with Crippen LogP contribution < -0.4 is 10.1 Å². The predicted octanol–water partition coefficient (Wildman–Crippen LogP) is 2.32. The van der Waals surface area contributed by atoms with Crippen LogP contribution in [-0.4, -0.2) is 23.7 Å². The molecule has 0 aromatic heterocycles. The molecule has 1 amide bonds. The number of carbonyl (C=O) groups excluding carboxylic acids is 1. The van der Waals surface area contributed by atoms with Crippen molar-refractivity contribution in [1.29, 1.82) is 0 Å². The largest absolute Gasteiger partial charge is 0.483 e. The zero-order chi connectivity index (χ0) is 14.5. The van der Waals surface area contributed by atoms with Gasteiger partial charge in [-0.25, -0.2) is 4.39 Å². The first-order valence-electron chi connectivity index (χ1n) is 6.96. The van der Waals surface area contributed by atoms with Gasteiger partial charge in [0.1, 0.15) is 11.6 Å². The van der Waals surface area contributed by atoms with E-state index in [1.165, 1.54) is 25.1 Å². The Kier molecular flexibility index (Phi) is 4.95. The highest BCUT2D eigenvalue weighted by molar-refractivity contribution is 5.77. The molecule has 5 heteroatoms. The summed E-state index contributed by atoms with van der Waals surface area (Å²) in [6.45, 7) is 1.40. The van der Waals surface area contributed by atoms with Gasteiger partial charge in [-0.2, -0.15) is 0 Å². The van der Waals surface area contributed by atoms with E-state index in [1.807, 2.05) is 0 Å². The van der Waals surface area contributed by atoms with E-state index in [1.54, 1.807) is 0 Å². The fourth-order valence-corrected chi connectivity index (χ4v) is 2.46.